The van der Waals surface area contributed by atoms with E-state index in [1.807, 2.05) is 56.3 Å². The molecule has 0 aliphatic rings. The van der Waals surface area contributed by atoms with Crippen LogP contribution in [0, 0.1) is 5.92 Å². The van der Waals surface area contributed by atoms with Crippen molar-refractivity contribution in [3.8, 4) is 5.75 Å². The number of hydrogen-bond acceptors (Lipinski definition) is 6. The molecule has 0 radical (unpaired) electrons. The van der Waals surface area contributed by atoms with E-state index < -0.39 is 24.0 Å². The van der Waals surface area contributed by atoms with Gasteiger partial charge in [-0.3, -0.25) is 9.59 Å². The van der Waals surface area contributed by atoms with E-state index in [0.717, 1.165) is 29.2 Å². The first-order chi connectivity index (χ1) is 18.7. The van der Waals surface area contributed by atoms with Crippen molar-refractivity contribution in [2.75, 3.05) is 18.5 Å². The van der Waals surface area contributed by atoms with Crippen molar-refractivity contribution in [1.82, 2.24) is 5.32 Å². The van der Waals surface area contributed by atoms with E-state index in [2.05, 4.69) is 10.6 Å². The predicted octanol–water partition coefficient (Wildman–Crippen LogP) is 3.70. The van der Waals surface area contributed by atoms with Crippen molar-refractivity contribution in [2.24, 2.45) is 17.4 Å². The summed E-state index contributed by atoms with van der Waals surface area (Å²) in [4.78, 5) is 37.7. The van der Waals surface area contributed by atoms with Gasteiger partial charge in [0.2, 0.25) is 5.91 Å². The number of carbonyl (C=O) groups is 3. The minimum absolute atomic E-state index is 0.124. The molecular weight excluding hydrogens is 496 g/mol. The Labute approximate surface area is 228 Å². The molecule has 0 fully saturated rings. The van der Waals surface area contributed by atoms with Crippen LogP contribution in [0.15, 0.2) is 60.7 Å². The number of nitrogens with one attached hydrogen (secondary N) is 2. The number of ether oxygens (including phenoxy) is 1. The quantitative estimate of drug-likeness (QED) is 0.197. The van der Waals surface area contributed by atoms with Crippen molar-refractivity contribution in [3.05, 3.63) is 71.8 Å². The second-order valence-electron chi connectivity index (χ2n) is 10.0. The first kappa shape index (κ1) is 29.6. The van der Waals surface area contributed by atoms with Gasteiger partial charge in [-0.2, -0.15) is 0 Å². The molecule has 0 saturated carbocycles. The van der Waals surface area contributed by atoms with Crippen molar-refractivity contribution in [2.45, 2.75) is 51.6 Å². The Morgan fingerprint density at radius 1 is 0.974 bits per heavy atom. The molecule has 0 saturated heterocycles. The Balaban J connectivity index is 1.75. The maximum atomic E-state index is 13.1. The third-order valence-electron chi connectivity index (χ3n) is 6.24. The molecule has 0 aliphatic carbocycles. The lowest BCUT2D eigenvalue weighted by molar-refractivity contribution is -0.139. The van der Waals surface area contributed by atoms with Gasteiger partial charge in [0.1, 0.15) is 11.8 Å². The van der Waals surface area contributed by atoms with Gasteiger partial charge in [0, 0.05) is 12.0 Å². The molecule has 0 heterocycles. The van der Waals surface area contributed by atoms with Gasteiger partial charge in [0.05, 0.1) is 18.3 Å². The molecule has 9 nitrogen and oxygen atoms in total. The molecule has 7 N–H and O–H groups in total. The number of carbonyl (C=O) groups excluding carboxylic acids is 2. The molecule has 0 bridgehead atoms. The summed E-state index contributed by atoms with van der Waals surface area (Å²) in [6.45, 7) is 4.85. The number of nitrogens with two attached hydrogens (primary N) is 2. The molecule has 3 aromatic rings. The highest BCUT2D eigenvalue weighted by Gasteiger charge is 2.23. The molecule has 0 aromatic heterocycles. The third kappa shape index (κ3) is 8.80. The first-order valence-electron chi connectivity index (χ1n) is 13.2. The highest BCUT2D eigenvalue weighted by Crippen LogP contribution is 2.27. The molecule has 0 unspecified atom stereocenters. The second kappa shape index (κ2) is 14.3. The summed E-state index contributed by atoms with van der Waals surface area (Å²) < 4.78 is 5.89. The summed E-state index contributed by atoms with van der Waals surface area (Å²) in [7, 11) is 0. The molecule has 208 valence electrons. The van der Waals surface area contributed by atoms with E-state index in [1.165, 1.54) is 12.1 Å². The first-order valence-corrected chi connectivity index (χ1v) is 13.2. The van der Waals surface area contributed by atoms with Crippen LogP contribution in [0.4, 0.5) is 5.69 Å². The third-order valence-corrected chi connectivity index (χ3v) is 6.24. The minimum atomic E-state index is -1.14. The Hall–Kier alpha value is -3.95. The van der Waals surface area contributed by atoms with Gasteiger partial charge in [-0.1, -0.05) is 62.7 Å². The lowest BCUT2D eigenvalue weighted by Gasteiger charge is -2.18. The number of benzene rings is 3. The van der Waals surface area contributed by atoms with Crippen LogP contribution in [0.1, 0.15) is 49.0 Å². The molecule has 9 heteroatoms. The van der Waals surface area contributed by atoms with E-state index in [0.29, 0.717) is 31.0 Å². The van der Waals surface area contributed by atoms with Crippen LogP contribution in [-0.2, 0) is 16.0 Å². The fraction of sp³-hybridized carbons (Fsp3) is 0.367. The van der Waals surface area contributed by atoms with Gasteiger partial charge in [0.25, 0.3) is 5.91 Å². The van der Waals surface area contributed by atoms with Crippen LogP contribution in [-0.4, -0.2) is 48.1 Å². The monoisotopic (exact) mass is 534 g/mol. The van der Waals surface area contributed by atoms with Gasteiger partial charge in [-0.15, -0.1) is 0 Å². The van der Waals surface area contributed by atoms with Gasteiger partial charge < -0.3 is 31.9 Å². The summed E-state index contributed by atoms with van der Waals surface area (Å²) in [6.07, 6.45) is 2.15. The number of carboxylic acids is 1. The van der Waals surface area contributed by atoms with Crippen LogP contribution in [0.3, 0.4) is 0 Å². The number of fused-ring (bicyclic) bond motifs is 1. The Kier molecular flexibility index (Phi) is 10.8. The van der Waals surface area contributed by atoms with Crippen LogP contribution in [0.5, 0.6) is 5.75 Å². The zero-order valence-electron chi connectivity index (χ0n) is 22.5. The lowest BCUT2D eigenvalue weighted by Crippen LogP contribution is -2.42. The molecule has 3 rings (SSSR count). The Bertz CT molecular complexity index is 1290. The van der Waals surface area contributed by atoms with Gasteiger partial charge >= 0.3 is 5.97 Å². The van der Waals surface area contributed by atoms with E-state index in [-0.39, 0.29) is 23.8 Å². The smallest absolute Gasteiger partial charge is 0.326 e. The van der Waals surface area contributed by atoms with Crippen LogP contribution in [0.25, 0.3) is 10.8 Å². The van der Waals surface area contributed by atoms with Crippen molar-refractivity contribution in [3.63, 3.8) is 0 Å². The predicted molar refractivity (Wildman–Crippen MR) is 153 cm³/mol. The maximum Gasteiger partial charge on any atom is 0.326 e. The van der Waals surface area contributed by atoms with Crippen LogP contribution >= 0.6 is 0 Å². The van der Waals surface area contributed by atoms with Gasteiger partial charge in [-0.25, -0.2) is 4.79 Å². The van der Waals surface area contributed by atoms with Gasteiger partial charge in [-0.05, 0) is 59.8 Å². The molecule has 39 heavy (non-hydrogen) atoms. The largest absolute Gasteiger partial charge is 0.491 e. The number of carboxylic acid groups (broad SMARTS) is 1. The fourth-order valence-electron chi connectivity index (χ4n) is 4.05. The van der Waals surface area contributed by atoms with Crippen molar-refractivity contribution >= 4 is 34.2 Å². The van der Waals surface area contributed by atoms with E-state index >= 15 is 0 Å². The van der Waals surface area contributed by atoms with Crippen molar-refractivity contribution in [1.29, 1.82) is 0 Å². The molecule has 3 aromatic carbocycles. The average molecular weight is 535 g/mol. The number of aliphatic carboxylic acids is 1. The lowest BCUT2D eigenvalue weighted by atomic mass is 10.0. The number of amides is 2. The zero-order valence-corrected chi connectivity index (χ0v) is 22.5. The Morgan fingerprint density at radius 2 is 1.72 bits per heavy atom. The highest BCUT2D eigenvalue weighted by atomic mass is 16.5. The molecule has 0 spiro atoms. The Morgan fingerprint density at radius 3 is 2.41 bits per heavy atom. The summed E-state index contributed by atoms with van der Waals surface area (Å²) >= 11 is 0. The molecule has 0 aliphatic heterocycles. The second-order valence-corrected chi connectivity index (χ2v) is 10.0. The number of anilines is 1. The van der Waals surface area contributed by atoms with Crippen LogP contribution in [0.2, 0.25) is 0 Å². The fourth-order valence-corrected chi connectivity index (χ4v) is 4.05. The van der Waals surface area contributed by atoms with E-state index in [4.69, 9.17) is 16.2 Å². The molecule has 2 amide bonds. The van der Waals surface area contributed by atoms with Crippen molar-refractivity contribution < 1.29 is 24.2 Å². The summed E-state index contributed by atoms with van der Waals surface area (Å²) in [5.74, 6) is -1.56. The van der Waals surface area contributed by atoms with Gasteiger partial charge in [0.15, 0.2) is 0 Å². The van der Waals surface area contributed by atoms with E-state index in [9.17, 15) is 19.5 Å². The van der Waals surface area contributed by atoms with E-state index in [1.54, 1.807) is 6.07 Å². The maximum absolute atomic E-state index is 13.1. The minimum Gasteiger partial charge on any atom is -0.491 e. The zero-order chi connectivity index (χ0) is 28.4. The summed E-state index contributed by atoms with van der Waals surface area (Å²) in [5.41, 5.74) is 12.9. The number of unbranched alkanes of at least 4 members (excludes halogenated alkanes) is 1. The number of hydrogen-bond donors (Lipinski definition) is 5. The normalized spacial score (nSPS) is 12.6. The standard InChI is InChI=1S/C30H38N4O5/c1-19(2)18-39-27-17-23(12-13-25(27)33-29(36)24(32)9-5-6-14-31)28(35)34-26(30(37)38)16-20-10-11-21-7-3-4-8-22(21)15-20/h3-4,7-8,10-13,15,17,19,24,26H,5-6,9,14,16,18,31-32H2,1-2H3,(H,33,36)(H,34,35)(H,37,38)/t24-,26-/m0/s1. The topological polar surface area (TPSA) is 157 Å². The summed E-state index contributed by atoms with van der Waals surface area (Å²) in [5, 5.41) is 17.3. The SMILES string of the molecule is CC(C)COc1cc(C(=O)N[C@@H](Cc2ccc3ccccc3c2)C(=O)O)ccc1NC(=O)[C@@H](N)CCCCN. The number of rotatable bonds is 14. The molecule has 2 atom stereocenters. The summed E-state index contributed by atoms with van der Waals surface area (Å²) in [6, 6.07) is 16.3. The molecular formula is C30H38N4O5. The van der Waals surface area contributed by atoms with Crippen LogP contribution < -0.4 is 26.8 Å². The average Bonchev–Trinajstić information content (AvgIpc) is 2.91. The highest BCUT2D eigenvalue weighted by molar-refractivity contribution is 6.00.